The maximum Gasteiger partial charge on any atom is 0.475 e. The van der Waals surface area contributed by atoms with Crippen molar-refractivity contribution in [2.24, 2.45) is 5.92 Å². The molecule has 25 nitrogen and oxygen atoms in total. The second kappa shape index (κ2) is 19.5. The minimum absolute atomic E-state index is 0.0218. The Morgan fingerprint density at radius 3 is 1.97 bits per heavy atom. The summed E-state index contributed by atoms with van der Waals surface area (Å²) in [4.78, 5) is 61.5. The number of phosphoric acid groups is 2. The van der Waals surface area contributed by atoms with Gasteiger partial charge in [0.25, 0.3) is 11.5 Å². The molecule has 6 unspecified atom stereocenters. The molecule has 0 saturated carbocycles. The molecule has 4 aromatic heterocycles. The average Bonchev–Trinajstić information content (AvgIpc) is 4.07. The van der Waals surface area contributed by atoms with Gasteiger partial charge in [0.05, 0.1) is 64.1 Å². The van der Waals surface area contributed by atoms with Crippen molar-refractivity contribution in [2.75, 3.05) is 37.1 Å². The lowest BCUT2D eigenvalue weighted by Gasteiger charge is -2.30. The van der Waals surface area contributed by atoms with E-state index in [0.717, 1.165) is 28.1 Å². The van der Waals surface area contributed by atoms with E-state index < -0.39 is 115 Å². The minimum atomic E-state index is -5.03. The molecule has 1 aromatic carbocycles. The third-order valence-corrected chi connectivity index (χ3v) is 13.1. The lowest BCUT2D eigenvalue weighted by atomic mass is 10.1. The highest BCUT2D eigenvalue weighted by Crippen LogP contribution is 2.58. The van der Waals surface area contributed by atoms with Crippen molar-refractivity contribution in [2.45, 2.75) is 75.9 Å². The standard InChI is InChI=1S/C37H38F2N12O13P2/c1-19(2)32(52)48-37-47-31-26(34(54)49-37)45-18-51(31)36-24(39)28-22(62-36)15-60-65(55,57-12-6-10-40)63-27-21(14-59-66(56,64-28)58-13-7-11-41)61-35(23(27)38)50-17-44-25-29(42-16-43-30(25)50)46-33(53)20-8-4-3-5-9-20/h3-5,8-9,16-19,21-24,27-28,35-36H,6-7,12-15H2,1-2H3,(H,42,43,46,53)(H2,47,48,49,52,54)/t21?,22?,23-,24-,27-,28-,35?,36?,65?,66?/m1/s1. The van der Waals surface area contributed by atoms with Gasteiger partial charge in [-0.3, -0.25) is 61.0 Å². The molecule has 3 N–H and O–H groups in total. The summed E-state index contributed by atoms with van der Waals surface area (Å²) in [6.45, 7) is 0.218. The Hall–Kier alpha value is -5.96. The number of H-pyrrole nitrogens is 1. The maximum absolute atomic E-state index is 17.0. The monoisotopic (exact) mass is 958 g/mol. The van der Waals surface area contributed by atoms with Crippen LogP contribution < -0.4 is 16.2 Å². The van der Waals surface area contributed by atoms with E-state index in [4.69, 9.17) is 36.6 Å². The summed E-state index contributed by atoms with van der Waals surface area (Å²) in [6.07, 6.45) is -12.9. The van der Waals surface area contributed by atoms with Gasteiger partial charge in [0.2, 0.25) is 11.9 Å². The molecular weight excluding hydrogens is 920 g/mol. The quantitative estimate of drug-likeness (QED) is 0.117. The van der Waals surface area contributed by atoms with Gasteiger partial charge in [-0.2, -0.15) is 15.5 Å². The summed E-state index contributed by atoms with van der Waals surface area (Å²) in [6, 6.07) is 11.8. The number of ether oxygens (including phenoxy) is 2. The lowest BCUT2D eigenvalue weighted by Crippen LogP contribution is -2.38. The summed E-state index contributed by atoms with van der Waals surface area (Å²) in [5.41, 5.74) is -1.06. The molecule has 3 saturated heterocycles. The Balaban J connectivity index is 1.11. The molecule has 3 aliphatic rings. The van der Waals surface area contributed by atoms with Crippen LogP contribution in [-0.4, -0.2) is 114 Å². The van der Waals surface area contributed by atoms with Gasteiger partial charge in [-0.05, 0) is 12.1 Å². The van der Waals surface area contributed by atoms with Gasteiger partial charge in [0.1, 0.15) is 30.7 Å². The number of anilines is 2. The molecule has 66 heavy (non-hydrogen) atoms. The Kier molecular flexibility index (Phi) is 13.7. The van der Waals surface area contributed by atoms with Gasteiger partial charge in [-0.25, -0.2) is 37.8 Å². The van der Waals surface area contributed by atoms with E-state index >= 15 is 8.78 Å². The van der Waals surface area contributed by atoms with Gasteiger partial charge in [0.15, 0.2) is 52.9 Å². The number of carbonyl (C=O) groups is 2. The molecule has 0 bridgehead atoms. The lowest BCUT2D eigenvalue weighted by molar-refractivity contribution is -0.118. The van der Waals surface area contributed by atoms with Crippen LogP contribution in [0.25, 0.3) is 22.3 Å². The Labute approximate surface area is 370 Å². The van der Waals surface area contributed by atoms with Gasteiger partial charge < -0.3 is 14.8 Å². The van der Waals surface area contributed by atoms with Crippen LogP contribution >= 0.6 is 15.6 Å². The van der Waals surface area contributed by atoms with Crippen molar-refractivity contribution < 1.29 is 64.1 Å². The van der Waals surface area contributed by atoms with Crippen LogP contribution in [0.15, 0.2) is 54.1 Å². The maximum atomic E-state index is 17.0. The summed E-state index contributed by atoms with van der Waals surface area (Å²) in [7, 11) is -10.0. The van der Waals surface area contributed by atoms with Crippen LogP contribution in [-0.2, 0) is 50.5 Å². The number of fused-ring (bicyclic) bond motifs is 4. The van der Waals surface area contributed by atoms with Gasteiger partial charge >= 0.3 is 15.6 Å². The first-order chi connectivity index (χ1) is 31.7. The molecule has 2 amide bonds. The first-order valence-electron chi connectivity index (χ1n) is 20.0. The van der Waals surface area contributed by atoms with E-state index in [-0.39, 0.29) is 46.9 Å². The molecule has 8 rings (SSSR count). The number of hydrogen-bond acceptors (Lipinski definition) is 20. The fourth-order valence-corrected chi connectivity index (χ4v) is 9.70. The van der Waals surface area contributed by atoms with Crippen molar-refractivity contribution in [1.29, 1.82) is 10.5 Å². The molecule has 0 aliphatic carbocycles. The summed E-state index contributed by atoms with van der Waals surface area (Å²) in [5.74, 6) is -1.87. The van der Waals surface area contributed by atoms with Crippen LogP contribution in [0.4, 0.5) is 20.5 Å². The third-order valence-electron chi connectivity index (χ3n) is 10.1. The number of phosphoric ester groups is 2. The second-order valence-corrected chi connectivity index (χ2v) is 18.1. The molecule has 3 aliphatic heterocycles. The number of nitriles is 2. The van der Waals surface area contributed by atoms with Gasteiger partial charge in [-0.1, -0.05) is 32.0 Å². The predicted molar refractivity (Wildman–Crippen MR) is 218 cm³/mol. The molecule has 10 atom stereocenters. The predicted octanol–water partition coefficient (Wildman–Crippen LogP) is 4.17. The second-order valence-electron chi connectivity index (χ2n) is 14.9. The summed E-state index contributed by atoms with van der Waals surface area (Å²) >= 11 is 0. The first kappa shape index (κ1) is 46.6. The Morgan fingerprint density at radius 2 is 1.41 bits per heavy atom. The van der Waals surface area contributed by atoms with Crippen molar-refractivity contribution in [3.8, 4) is 12.1 Å². The van der Waals surface area contributed by atoms with Gasteiger partial charge in [0, 0.05) is 11.5 Å². The van der Waals surface area contributed by atoms with Crippen LogP contribution in [0, 0.1) is 28.6 Å². The molecule has 7 heterocycles. The zero-order valence-corrected chi connectivity index (χ0v) is 36.3. The highest BCUT2D eigenvalue weighted by molar-refractivity contribution is 7.48. The highest BCUT2D eigenvalue weighted by Gasteiger charge is 2.56. The Morgan fingerprint density at radius 1 is 0.848 bits per heavy atom. The zero-order valence-electron chi connectivity index (χ0n) is 34.5. The smallest absolute Gasteiger partial charge is 0.346 e. The average molecular weight is 959 g/mol. The molecule has 29 heteroatoms. The van der Waals surface area contributed by atoms with E-state index in [0.29, 0.717) is 5.56 Å². The normalized spacial score (nSPS) is 29.0. The van der Waals surface area contributed by atoms with Crippen LogP contribution in [0.1, 0.15) is 49.5 Å². The van der Waals surface area contributed by atoms with Crippen molar-refractivity contribution in [1.82, 2.24) is 39.0 Å². The van der Waals surface area contributed by atoms with E-state index in [1.807, 2.05) is 0 Å². The number of imidazole rings is 2. The van der Waals surface area contributed by atoms with Crippen molar-refractivity contribution >= 4 is 61.6 Å². The SMILES string of the molecule is CC(C)C(=O)Nc1nc2c(ncn2C2OC3COP(=O)(OCCC#N)O[C@@H]4C(COP(=O)(OCCC#N)O[C@H]3[C@H]2F)OC(n2cnc3c(NC(=O)c5ccccc5)ncnc32)[C@@H]4F)c(=O)[nH]1. The molecule has 5 aromatic rings. The third kappa shape index (κ3) is 9.63. The molecule has 0 spiro atoms. The fourth-order valence-electron chi connectivity index (χ4n) is 6.92. The van der Waals surface area contributed by atoms with E-state index in [1.165, 1.54) is 0 Å². The van der Waals surface area contributed by atoms with E-state index in [9.17, 15) is 34.0 Å². The van der Waals surface area contributed by atoms with Crippen LogP contribution in [0.3, 0.4) is 0 Å². The number of carbonyl (C=O) groups excluding carboxylic acids is 2. The Bertz CT molecular complexity index is 2860. The molecule has 348 valence electrons. The number of aromatic nitrogens is 8. The van der Waals surface area contributed by atoms with Crippen LogP contribution in [0.2, 0.25) is 0 Å². The van der Waals surface area contributed by atoms with E-state index in [1.54, 1.807) is 56.3 Å². The van der Waals surface area contributed by atoms with Gasteiger partial charge in [-0.15, -0.1) is 0 Å². The largest absolute Gasteiger partial charge is 0.475 e. The number of halogens is 2. The minimum Gasteiger partial charge on any atom is -0.346 e. The number of nitrogens with zero attached hydrogens (tertiary/aromatic N) is 9. The van der Waals surface area contributed by atoms with E-state index in [2.05, 4.69) is 40.5 Å². The zero-order chi connectivity index (χ0) is 46.8. The number of nitrogens with one attached hydrogen (secondary N) is 3. The molecule has 0 radical (unpaired) electrons. The van der Waals surface area contributed by atoms with Crippen LogP contribution in [0.5, 0.6) is 0 Å². The number of rotatable bonds is 12. The summed E-state index contributed by atoms with van der Waals surface area (Å²) < 4.78 is 111. The van der Waals surface area contributed by atoms with Crippen molar-refractivity contribution in [3.63, 3.8) is 0 Å². The summed E-state index contributed by atoms with van der Waals surface area (Å²) in [5, 5.41) is 23.5. The number of amides is 2. The first-order valence-corrected chi connectivity index (χ1v) is 22.9. The number of alkyl halides is 2. The number of aromatic amines is 1. The topological polar surface area (TPSA) is 321 Å². The van der Waals surface area contributed by atoms with Crippen molar-refractivity contribution in [3.05, 3.63) is 65.2 Å². The number of benzene rings is 1. The molecular formula is C37H38F2N12O13P2. The number of hydrogen-bond donors (Lipinski definition) is 3. The highest BCUT2D eigenvalue weighted by atomic mass is 31.2. The molecule has 3 fully saturated rings. The fraction of sp³-hybridized carbons (Fsp3) is 0.459.